The summed E-state index contributed by atoms with van der Waals surface area (Å²) in [5.41, 5.74) is 0. The molecule has 7 atom stereocenters. The fourth-order valence-electron chi connectivity index (χ4n) is 6.08. The van der Waals surface area contributed by atoms with Gasteiger partial charge in [0.15, 0.2) is 12.4 Å². The molecule has 1 aliphatic rings. The normalized spacial score (nSPS) is 22.7. The highest BCUT2D eigenvalue weighted by molar-refractivity contribution is 7.46. The van der Waals surface area contributed by atoms with E-state index in [0.717, 1.165) is 44.9 Å². The molecule has 13 nitrogen and oxygen atoms in total. The van der Waals surface area contributed by atoms with E-state index in [1.54, 1.807) is 0 Å². The number of rotatable bonds is 29. The monoisotopic (exact) mass is 711 g/mol. The van der Waals surface area contributed by atoms with Crippen LogP contribution in [0.5, 0.6) is 0 Å². The minimum atomic E-state index is -5.22. The summed E-state index contributed by atoms with van der Waals surface area (Å²) in [5.74, 6) is -1.66. The molecule has 0 spiro atoms. The van der Waals surface area contributed by atoms with Crippen LogP contribution in [0.2, 0.25) is 0 Å². The fourth-order valence-corrected chi connectivity index (χ4v) is 6.66. The van der Waals surface area contributed by atoms with Crippen LogP contribution in [0.1, 0.15) is 155 Å². The molecule has 0 saturated carbocycles. The first kappa shape index (κ1) is 44.9. The summed E-state index contributed by atoms with van der Waals surface area (Å²) in [6, 6.07) is -1.55. The van der Waals surface area contributed by atoms with Crippen LogP contribution in [0.15, 0.2) is 0 Å². The third-order valence-electron chi connectivity index (χ3n) is 8.80. The van der Waals surface area contributed by atoms with E-state index in [2.05, 4.69) is 19.2 Å². The van der Waals surface area contributed by atoms with Gasteiger partial charge in [-0.05, 0) is 12.8 Å². The second-order valence-electron chi connectivity index (χ2n) is 13.3. The largest absolute Gasteiger partial charge is 0.470 e. The van der Waals surface area contributed by atoms with Crippen LogP contribution in [0.3, 0.4) is 0 Å². The number of hydrogen-bond donors (Lipinski definition) is 7. The lowest BCUT2D eigenvalue weighted by molar-refractivity contribution is -0.256. The quantitative estimate of drug-likeness (QED) is 0.0313. The predicted molar refractivity (Wildman–Crippen MR) is 182 cm³/mol. The topological polar surface area (TPSA) is 212 Å². The highest BCUT2D eigenvalue weighted by Gasteiger charge is 2.51. The molecule has 284 valence electrons. The zero-order valence-electron chi connectivity index (χ0n) is 29.4. The zero-order valence-corrected chi connectivity index (χ0v) is 30.3. The number of carbonyl (C=O) groups excluding carboxylic acids is 2. The summed E-state index contributed by atoms with van der Waals surface area (Å²) in [4.78, 5) is 44.8. The lowest BCUT2D eigenvalue weighted by atomic mass is 9.96. The number of esters is 1. The molecule has 48 heavy (non-hydrogen) atoms. The molecule has 0 aliphatic carbocycles. The molecule has 0 aromatic heterocycles. The molecule has 1 aliphatic heterocycles. The van der Waals surface area contributed by atoms with Gasteiger partial charge in [0.05, 0.1) is 31.7 Å². The van der Waals surface area contributed by atoms with Gasteiger partial charge >= 0.3 is 13.8 Å². The van der Waals surface area contributed by atoms with Crippen molar-refractivity contribution in [1.82, 2.24) is 5.32 Å². The van der Waals surface area contributed by atoms with Crippen molar-refractivity contribution < 1.29 is 58.4 Å². The predicted octanol–water partition coefficient (Wildman–Crippen LogP) is 4.91. The van der Waals surface area contributed by atoms with Gasteiger partial charge in [-0.1, -0.05) is 129 Å². The van der Waals surface area contributed by atoms with E-state index in [-0.39, 0.29) is 6.42 Å². The first-order chi connectivity index (χ1) is 22.9. The number of unbranched alkanes of at least 4 members (excludes halogenated alkanes) is 16. The molecule has 0 radical (unpaired) electrons. The lowest BCUT2D eigenvalue weighted by Crippen LogP contribution is -2.65. The van der Waals surface area contributed by atoms with Gasteiger partial charge in [0.1, 0.15) is 18.2 Å². The minimum Gasteiger partial charge on any atom is -0.457 e. The molecule has 1 fully saturated rings. The molecule has 7 N–H and O–H groups in total. The number of aliphatic hydroxyl groups is 4. The van der Waals surface area contributed by atoms with Gasteiger partial charge in [0, 0.05) is 0 Å². The lowest BCUT2D eigenvalue weighted by Gasteiger charge is -2.43. The number of phosphoric acid groups is 1. The molecule has 1 saturated heterocycles. The van der Waals surface area contributed by atoms with Crippen LogP contribution in [0.4, 0.5) is 0 Å². The Morgan fingerprint density at radius 3 is 1.60 bits per heavy atom. The van der Waals surface area contributed by atoms with E-state index in [9.17, 15) is 44.4 Å². The molecular weight excluding hydrogens is 645 g/mol. The van der Waals surface area contributed by atoms with E-state index in [0.29, 0.717) is 19.3 Å². The van der Waals surface area contributed by atoms with Crippen molar-refractivity contribution >= 4 is 19.7 Å². The summed E-state index contributed by atoms with van der Waals surface area (Å²) in [6.45, 7) is 3.51. The molecule has 14 heteroatoms. The SMILES string of the molecule is CCCCCCCCCCCC(O)CC(=O)NC1C(O)OC(CO)C(OP(=O)(O)O)C1OC(=O)CC(O)CCCCCCCCCCC. The van der Waals surface area contributed by atoms with E-state index in [4.69, 9.17) is 14.0 Å². The highest BCUT2D eigenvalue weighted by atomic mass is 31.2. The Morgan fingerprint density at radius 2 is 1.17 bits per heavy atom. The third-order valence-corrected chi connectivity index (χ3v) is 9.32. The van der Waals surface area contributed by atoms with Crippen LogP contribution in [0.25, 0.3) is 0 Å². The molecular formula is C34H66NO12P. The van der Waals surface area contributed by atoms with Gasteiger partial charge in [-0.15, -0.1) is 0 Å². The van der Waals surface area contributed by atoms with Gasteiger partial charge in [-0.3, -0.25) is 14.1 Å². The van der Waals surface area contributed by atoms with Gasteiger partial charge < -0.3 is 45.0 Å². The van der Waals surface area contributed by atoms with Crippen LogP contribution in [0, 0.1) is 0 Å². The Balaban J connectivity index is 2.70. The van der Waals surface area contributed by atoms with Gasteiger partial charge in [0.2, 0.25) is 5.91 Å². The highest BCUT2D eigenvalue weighted by Crippen LogP contribution is 2.42. The summed E-state index contributed by atoms with van der Waals surface area (Å²) in [7, 11) is -5.22. The second-order valence-corrected chi connectivity index (χ2v) is 14.5. The molecule has 0 aromatic carbocycles. The number of nitrogens with one attached hydrogen (secondary N) is 1. The van der Waals surface area contributed by atoms with Crippen LogP contribution in [-0.2, 0) is 28.2 Å². The molecule has 0 aromatic rings. The van der Waals surface area contributed by atoms with Crippen LogP contribution >= 0.6 is 7.82 Å². The third kappa shape index (κ3) is 21.2. The first-order valence-electron chi connectivity index (χ1n) is 18.4. The number of hydrogen-bond acceptors (Lipinski definition) is 10. The van der Waals surface area contributed by atoms with Crippen LogP contribution in [-0.4, -0.2) is 91.5 Å². The Labute approximate surface area is 287 Å². The van der Waals surface area contributed by atoms with E-state index < -0.39 is 75.6 Å². The van der Waals surface area contributed by atoms with Crippen molar-refractivity contribution in [3.63, 3.8) is 0 Å². The first-order valence-corrected chi connectivity index (χ1v) is 20.0. The molecule has 7 unspecified atom stereocenters. The van der Waals surface area contributed by atoms with Gasteiger partial charge in [-0.2, -0.15) is 0 Å². The summed E-state index contributed by atoms with van der Waals surface area (Å²) < 4.78 is 27.3. The second kappa shape index (κ2) is 26.6. The molecule has 1 amide bonds. The number of phosphoric ester groups is 1. The average Bonchev–Trinajstić information content (AvgIpc) is 3.01. The van der Waals surface area contributed by atoms with E-state index in [1.807, 2.05) is 0 Å². The van der Waals surface area contributed by atoms with Gasteiger partial charge in [0.25, 0.3) is 0 Å². The molecule has 1 rings (SSSR count). The Kier molecular flexibility index (Phi) is 24.9. The van der Waals surface area contributed by atoms with Crippen molar-refractivity contribution in [2.24, 2.45) is 0 Å². The smallest absolute Gasteiger partial charge is 0.457 e. The maximum absolute atomic E-state index is 12.9. The number of carbonyl (C=O) groups is 2. The van der Waals surface area contributed by atoms with Crippen molar-refractivity contribution in [1.29, 1.82) is 0 Å². The summed E-state index contributed by atoms with van der Waals surface area (Å²) in [5, 5.41) is 43.8. The van der Waals surface area contributed by atoms with Crippen molar-refractivity contribution in [2.45, 2.75) is 198 Å². The summed E-state index contributed by atoms with van der Waals surface area (Å²) >= 11 is 0. The molecule has 1 heterocycles. The Hall–Kier alpha value is -1.15. The Morgan fingerprint density at radius 1 is 0.729 bits per heavy atom. The van der Waals surface area contributed by atoms with Crippen molar-refractivity contribution in [3.05, 3.63) is 0 Å². The number of amides is 1. The number of ether oxygens (including phenoxy) is 2. The van der Waals surface area contributed by atoms with Crippen LogP contribution < -0.4 is 5.32 Å². The Bertz CT molecular complexity index is 890. The average molecular weight is 712 g/mol. The standard InChI is InChI=1S/C34H66NO12P/c1-3-5-7-9-11-13-15-17-19-21-26(37)23-29(39)35-31-33(32(47-48(42,43)44)28(25-36)45-34(31)41)46-30(40)24-27(38)22-20-18-16-14-12-10-8-6-4-2/h26-28,31-34,36-38,41H,3-25H2,1-2H3,(H,35,39)(H2,42,43,44). The van der Waals surface area contributed by atoms with Gasteiger partial charge in [-0.25, -0.2) is 4.57 Å². The zero-order chi connectivity index (χ0) is 35.8. The summed E-state index contributed by atoms with van der Waals surface area (Å²) in [6.07, 6.45) is 10.9. The molecule has 0 bridgehead atoms. The number of aliphatic hydroxyl groups excluding tert-OH is 4. The fraction of sp³-hybridized carbons (Fsp3) is 0.941. The van der Waals surface area contributed by atoms with Crippen molar-refractivity contribution in [3.8, 4) is 0 Å². The minimum absolute atomic E-state index is 0.328. The maximum Gasteiger partial charge on any atom is 0.470 e. The van der Waals surface area contributed by atoms with E-state index >= 15 is 0 Å². The maximum atomic E-state index is 12.9. The van der Waals surface area contributed by atoms with Crippen molar-refractivity contribution in [2.75, 3.05) is 6.61 Å². The van der Waals surface area contributed by atoms with E-state index in [1.165, 1.54) is 64.2 Å².